The molecule has 0 aliphatic rings. The quantitative estimate of drug-likeness (QED) is 0.847. The van der Waals surface area contributed by atoms with Crippen LogP contribution in [0.1, 0.15) is 26.7 Å². The van der Waals surface area contributed by atoms with Gasteiger partial charge >= 0.3 is 5.76 Å². The van der Waals surface area contributed by atoms with Crippen molar-refractivity contribution >= 4 is 11.2 Å². The summed E-state index contributed by atoms with van der Waals surface area (Å²) in [6, 6.07) is 3.80. The SMILES string of the molecule is CCCNC(CC)Cn1c(=O)oc2cccnc21. The van der Waals surface area contributed by atoms with Gasteiger partial charge in [-0.15, -0.1) is 0 Å². The largest absolute Gasteiger partial charge is 0.421 e. The Balaban J connectivity index is 2.24. The van der Waals surface area contributed by atoms with E-state index in [0.717, 1.165) is 19.4 Å². The van der Waals surface area contributed by atoms with Crippen LogP contribution in [0.3, 0.4) is 0 Å². The molecular weight excluding hydrogens is 230 g/mol. The first-order chi connectivity index (χ1) is 8.76. The van der Waals surface area contributed by atoms with Gasteiger partial charge in [0.2, 0.25) is 0 Å². The van der Waals surface area contributed by atoms with Crippen LogP contribution in [0.4, 0.5) is 0 Å². The van der Waals surface area contributed by atoms with Crippen molar-refractivity contribution in [3.8, 4) is 0 Å². The summed E-state index contributed by atoms with van der Waals surface area (Å²) in [5.41, 5.74) is 1.17. The van der Waals surface area contributed by atoms with E-state index in [0.29, 0.717) is 17.8 Å². The summed E-state index contributed by atoms with van der Waals surface area (Å²) in [4.78, 5) is 16.0. The third kappa shape index (κ3) is 2.61. The van der Waals surface area contributed by atoms with Crippen molar-refractivity contribution in [1.82, 2.24) is 14.9 Å². The van der Waals surface area contributed by atoms with Gasteiger partial charge in [0, 0.05) is 18.8 Å². The molecule has 0 radical (unpaired) electrons. The van der Waals surface area contributed by atoms with E-state index in [1.54, 1.807) is 22.9 Å². The summed E-state index contributed by atoms with van der Waals surface area (Å²) in [6.07, 6.45) is 3.72. The molecule has 0 aliphatic carbocycles. The maximum Gasteiger partial charge on any atom is 0.421 e. The summed E-state index contributed by atoms with van der Waals surface area (Å²) in [5, 5.41) is 3.42. The number of rotatable bonds is 6. The number of oxazole rings is 1. The first-order valence-electron chi connectivity index (χ1n) is 6.44. The van der Waals surface area contributed by atoms with Crippen LogP contribution in [0.5, 0.6) is 0 Å². The molecule has 1 N–H and O–H groups in total. The second kappa shape index (κ2) is 5.82. The second-order valence-electron chi connectivity index (χ2n) is 4.36. The third-order valence-corrected chi connectivity index (χ3v) is 3.00. The van der Waals surface area contributed by atoms with Crippen molar-refractivity contribution in [2.24, 2.45) is 0 Å². The van der Waals surface area contributed by atoms with Gasteiger partial charge < -0.3 is 9.73 Å². The lowest BCUT2D eigenvalue weighted by Gasteiger charge is -2.16. The topological polar surface area (TPSA) is 60.1 Å². The summed E-state index contributed by atoms with van der Waals surface area (Å²) in [7, 11) is 0. The Morgan fingerprint density at radius 2 is 2.33 bits per heavy atom. The number of nitrogens with zero attached hydrogens (tertiary/aromatic N) is 2. The van der Waals surface area contributed by atoms with E-state index >= 15 is 0 Å². The Morgan fingerprint density at radius 1 is 1.50 bits per heavy atom. The zero-order valence-corrected chi connectivity index (χ0v) is 10.8. The Labute approximate surface area is 106 Å². The van der Waals surface area contributed by atoms with Crippen LogP contribution < -0.4 is 11.1 Å². The average molecular weight is 249 g/mol. The monoisotopic (exact) mass is 249 g/mol. The van der Waals surface area contributed by atoms with Gasteiger partial charge in [0.1, 0.15) is 0 Å². The fourth-order valence-corrected chi connectivity index (χ4v) is 1.97. The number of fused-ring (bicyclic) bond motifs is 1. The highest BCUT2D eigenvalue weighted by Crippen LogP contribution is 2.09. The number of nitrogens with one attached hydrogen (secondary N) is 1. The van der Waals surface area contributed by atoms with Gasteiger partial charge in [-0.3, -0.25) is 4.57 Å². The van der Waals surface area contributed by atoms with Crippen LogP contribution in [0, 0.1) is 0 Å². The van der Waals surface area contributed by atoms with E-state index < -0.39 is 0 Å². The lowest BCUT2D eigenvalue weighted by molar-refractivity contribution is 0.413. The molecule has 5 nitrogen and oxygen atoms in total. The molecule has 0 saturated carbocycles. The summed E-state index contributed by atoms with van der Waals surface area (Å²) >= 11 is 0. The van der Waals surface area contributed by atoms with E-state index in [1.165, 1.54) is 0 Å². The molecule has 0 spiro atoms. The molecule has 0 saturated heterocycles. The fraction of sp³-hybridized carbons (Fsp3) is 0.538. The molecule has 2 rings (SSSR count). The molecular formula is C13H19N3O2. The highest BCUT2D eigenvalue weighted by atomic mass is 16.4. The van der Waals surface area contributed by atoms with Gasteiger partial charge in [0.05, 0.1) is 0 Å². The lowest BCUT2D eigenvalue weighted by Crippen LogP contribution is -2.35. The van der Waals surface area contributed by atoms with Gasteiger partial charge in [-0.1, -0.05) is 13.8 Å². The van der Waals surface area contributed by atoms with Crippen LogP contribution in [-0.4, -0.2) is 22.1 Å². The molecule has 2 heterocycles. The minimum absolute atomic E-state index is 0.269. The molecule has 0 aromatic carbocycles. The Kier molecular flexibility index (Phi) is 4.15. The minimum atomic E-state index is -0.333. The highest BCUT2D eigenvalue weighted by molar-refractivity contribution is 5.67. The first-order valence-corrected chi connectivity index (χ1v) is 6.44. The molecule has 1 atom stereocenters. The predicted molar refractivity (Wildman–Crippen MR) is 70.6 cm³/mol. The molecule has 0 amide bonds. The van der Waals surface area contributed by atoms with Crippen molar-refractivity contribution in [2.45, 2.75) is 39.3 Å². The number of hydrogen-bond donors (Lipinski definition) is 1. The van der Waals surface area contributed by atoms with Gasteiger partial charge in [-0.05, 0) is 31.5 Å². The van der Waals surface area contributed by atoms with Crippen molar-refractivity contribution in [2.75, 3.05) is 6.54 Å². The maximum atomic E-state index is 11.8. The van der Waals surface area contributed by atoms with Crippen molar-refractivity contribution in [3.05, 3.63) is 28.9 Å². The molecule has 98 valence electrons. The van der Waals surface area contributed by atoms with Crippen LogP contribution in [0.25, 0.3) is 11.2 Å². The molecule has 2 aromatic rings. The standard InChI is InChI=1S/C13H19N3O2/c1-3-7-14-10(4-2)9-16-12-11(18-13(16)17)6-5-8-15-12/h5-6,8,10,14H,3-4,7,9H2,1-2H3. The van der Waals surface area contributed by atoms with E-state index in [2.05, 4.69) is 24.1 Å². The fourth-order valence-electron chi connectivity index (χ4n) is 1.97. The predicted octanol–water partition coefficient (Wildman–Crippen LogP) is 1.77. The van der Waals surface area contributed by atoms with Crippen LogP contribution in [0.2, 0.25) is 0 Å². The highest BCUT2D eigenvalue weighted by Gasteiger charge is 2.13. The Bertz CT molecular complexity index is 559. The van der Waals surface area contributed by atoms with E-state index in [4.69, 9.17) is 4.42 Å². The Hall–Kier alpha value is -1.62. The third-order valence-electron chi connectivity index (χ3n) is 3.00. The molecule has 2 aromatic heterocycles. The van der Waals surface area contributed by atoms with Gasteiger partial charge in [0.25, 0.3) is 0 Å². The number of aromatic nitrogens is 2. The van der Waals surface area contributed by atoms with Crippen LogP contribution in [0.15, 0.2) is 27.5 Å². The first kappa shape index (κ1) is 12.8. The Morgan fingerprint density at radius 3 is 3.06 bits per heavy atom. The van der Waals surface area contributed by atoms with E-state index in [1.807, 2.05) is 0 Å². The molecule has 0 bridgehead atoms. The van der Waals surface area contributed by atoms with E-state index in [-0.39, 0.29) is 11.8 Å². The molecule has 5 heteroatoms. The molecule has 1 unspecified atom stereocenters. The van der Waals surface area contributed by atoms with Crippen LogP contribution >= 0.6 is 0 Å². The van der Waals surface area contributed by atoms with Crippen molar-refractivity contribution in [1.29, 1.82) is 0 Å². The minimum Gasteiger partial charge on any atom is -0.406 e. The van der Waals surface area contributed by atoms with Gasteiger partial charge in [-0.25, -0.2) is 9.78 Å². The molecule has 18 heavy (non-hydrogen) atoms. The zero-order valence-electron chi connectivity index (χ0n) is 10.8. The van der Waals surface area contributed by atoms with E-state index in [9.17, 15) is 4.79 Å². The summed E-state index contributed by atoms with van der Waals surface area (Å²) in [5.74, 6) is -0.333. The van der Waals surface area contributed by atoms with Gasteiger partial charge in [-0.2, -0.15) is 0 Å². The van der Waals surface area contributed by atoms with Crippen LogP contribution in [-0.2, 0) is 6.54 Å². The van der Waals surface area contributed by atoms with Crippen molar-refractivity contribution < 1.29 is 4.42 Å². The van der Waals surface area contributed by atoms with Crippen molar-refractivity contribution in [3.63, 3.8) is 0 Å². The number of hydrogen-bond acceptors (Lipinski definition) is 4. The smallest absolute Gasteiger partial charge is 0.406 e. The van der Waals surface area contributed by atoms with Gasteiger partial charge in [0.15, 0.2) is 11.2 Å². The molecule has 0 aliphatic heterocycles. The average Bonchev–Trinajstić information content (AvgIpc) is 2.70. The lowest BCUT2D eigenvalue weighted by atomic mass is 10.2. The number of pyridine rings is 1. The zero-order chi connectivity index (χ0) is 13.0. The second-order valence-corrected chi connectivity index (χ2v) is 4.36. The maximum absolute atomic E-state index is 11.8. The summed E-state index contributed by atoms with van der Waals surface area (Å²) < 4.78 is 6.77. The summed E-state index contributed by atoms with van der Waals surface area (Å²) in [6.45, 7) is 5.78. The molecule has 0 fully saturated rings. The normalized spacial score (nSPS) is 13.0.